The molecule has 24 heavy (non-hydrogen) atoms. The molecule has 2 heterocycles. The van der Waals surface area contributed by atoms with Gasteiger partial charge < -0.3 is 10.1 Å². The van der Waals surface area contributed by atoms with Gasteiger partial charge in [-0.2, -0.15) is 0 Å². The first-order chi connectivity index (χ1) is 11.7. The van der Waals surface area contributed by atoms with Crippen LogP contribution >= 0.6 is 11.6 Å². The Morgan fingerprint density at radius 1 is 1.33 bits per heavy atom. The molecule has 0 bridgehead atoms. The van der Waals surface area contributed by atoms with E-state index in [0.717, 1.165) is 0 Å². The minimum absolute atomic E-state index is 0.307. The first-order valence-electron chi connectivity index (χ1n) is 7.73. The molecule has 1 saturated carbocycles. The number of benzene rings is 1. The van der Waals surface area contributed by atoms with Gasteiger partial charge >= 0.3 is 0 Å². The lowest BCUT2D eigenvalue weighted by Gasteiger charge is -2.13. The Bertz CT molecular complexity index is 904. The van der Waals surface area contributed by atoms with Crippen LogP contribution in [0.15, 0.2) is 42.9 Å². The van der Waals surface area contributed by atoms with Crippen LogP contribution in [0, 0.1) is 5.92 Å². The largest absolute Gasteiger partial charge is 0.492 e. The predicted molar refractivity (Wildman–Crippen MR) is 90.6 cm³/mol. The molecule has 0 atom stereocenters. The van der Waals surface area contributed by atoms with Crippen LogP contribution in [-0.4, -0.2) is 27.1 Å². The molecule has 0 radical (unpaired) electrons. The molecule has 1 fully saturated rings. The lowest BCUT2D eigenvalue weighted by atomic mass is 10.2. The van der Waals surface area contributed by atoms with Gasteiger partial charge in [-0.1, -0.05) is 17.7 Å². The number of fused-ring (bicyclic) bond motifs is 1. The maximum atomic E-state index is 12.7. The number of amides is 1. The molecular weight excluding hydrogens is 328 g/mol. The minimum Gasteiger partial charge on any atom is -0.492 e. The molecule has 0 saturated heterocycles. The summed E-state index contributed by atoms with van der Waals surface area (Å²) in [6.07, 6.45) is 5.68. The SMILES string of the molecule is O=C(Nc1ccc2nncn2c1)c1c(Cl)cccc1OCC1CC1. The Balaban J connectivity index is 1.58. The summed E-state index contributed by atoms with van der Waals surface area (Å²) in [4.78, 5) is 12.7. The summed E-state index contributed by atoms with van der Waals surface area (Å²) in [6.45, 7) is 0.618. The molecule has 7 heteroatoms. The number of ether oxygens (including phenoxy) is 1. The highest BCUT2D eigenvalue weighted by molar-refractivity contribution is 6.34. The summed E-state index contributed by atoms with van der Waals surface area (Å²) >= 11 is 6.23. The van der Waals surface area contributed by atoms with Crippen molar-refractivity contribution in [2.24, 2.45) is 5.92 Å². The third-order valence-electron chi connectivity index (χ3n) is 3.92. The second-order valence-corrected chi connectivity index (χ2v) is 6.24. The lowest BCUT2D eigenvalue weighted by molar-refractivity contribution is 0.102. The van der Waals surface area contributed by atoms with Gasteiger partial charge in [0.1, 0.15) is 17.6 Å². The summed E-state index contributed by atoms with van der Waals surface area (Å²) in [5.74, 6) is 0.798. The molecule has 0 aliphatic heterocycles. The standard InChI is InChI=1S/C17H15ClN4O2/c18-13-2-1-3-14(24-9-11-4-5-11)16(13)17(23)20-12-6-7-15-21-19-10-22(15)8-12/h1-3,6-8,10-11H,4-5,9H2,(H,20,23). The van der Waals surface area contributed by atoms with Crippen molar-refractivity contribution in [2.45, 2.75) is 12.8 Å². The number of pyridine rings is 1. The van der Waals surface area contributed by atoms with Crippen molar-refractivity contribution in [2.75, 3.05) is 11.9 Å². The van der Waals surface area contributed by atoms with Crippen molar-refractivity contribution < 1.29 is 9.53 Å². The maximum absolute atomic E-state index is 12.7. The molecule has 0 spiro atoms. The molecule has 1 amide bonds. The van der Waals surface area contributed by atoms with Crippen LogP contribution in [0.3, 0.4) is 0 Å². The van der Waals surface area contributed by atoms with Gasteiger partial charge in [0.05, 0.1) is 17.3 Å². The Morgan fingerprint density at radius 2 is 2.21 bits per heavy atom. The molecule has 3 aromatic rings. The summed E-state index contributed by atoms with van der Waals surface area (Å²) < 4.78 is 7.52. The number of carbonyl (C=O) groups is 1. The smallest absolute Gasteiger partial charge is 0.260 e. The van der Waals surface area contributed by atoms with E-state index in [1.807, 2.05) is 0 Å². The zero-order chi connectivity index (χ0) is 16.5. The molecule has 2 aromatic heterocycles. The summed E-state index contributed by atoms with van der Waals surface area (Å²) in [5.41, 5.74) is 1.68. The molecule has 4 rings (SSSR count). The van der Waals surface area contributed by atoms with Crippen molar-refractivity contribution in [1.29, 1.82) is 0 Å². The third kappa shape index (κ3) is 3.05. The van der Waals surface area contributed by atoms with Gasteiger partial charge in [0, 0.05) is 6.20 Å². The van der Waals surface area contributed by atoms with E-state index < -0.39 is 0 Å². The predicted octanol–water partition coefficient (Wildman–Crippen LogP) is 3.42. The average molecular weight is 343 g/mol. The van der Waals surface area contributed by atoms with E-state index in [4.69, 9.17) is 16.3 Å². The maximum Gasteiger partial charge on any atom is 0.260 e. The second-order valence-electron chi connectivity index (χ2n) is 5.84. The van der Waals surface area contributed by atoms with Crippen LogP contribution in [0.1, 0.15) is 23.2 Å². The third-order valence-corrected chi connectivity index (χ3v) is 4.24. The van der Waals surface area contributed by atoms with Crippen LogP contribution in [0.25, 0.3) is 5.65 Å². The number of aromatic nitrogens is 3. The average Bonchev–Trinajstić information content (AvgIpc) is 3.28. The summed E-state index contributed by atoms with van der Waals surface area (Å²) in [5, 5.41) is 11.0. The first-order valence-corrected chi connectivity index (χ1v) is 8.10. The zero-order valence-corrected chi connectivity index (χ0v) is 13.5. The second kappa shape index (κ2) is 6.13. The van der Waals surface area contributed by atoms with Crippen LogP contribution in [-0.2, 0) is 0 Å². The minimum atomic E-state index is -0.307. The number of anilines is 1. The number of rotatable bonds is 5. The van der Waals surface area contributed by atoms with Crippen LogP contribution in [0.2, 0.25) is 5.02 Å². The number of hydrogen-bond donors (Lipinski definition) is 1. The highest BCUT2D eigenvalue weighted by atomic mass is 35.5. The molecule has 0 unspecified atom stereocenters. The number of nitrogens with zero attached hydrogens (tertiary/aromatic N) is 3. The molecule has 1 aromatic carbocycles. The lowest BCUT2D eigenvalue weighted by Crippen LogP contribution is -2.15. The topological polar surface area (TPSA) is 68.5 Å². The number of halogens is 1. The van der Waals surface area contributed by atoms with Crippen molar-refractivity contribution >= 4 is 28.8 Å². The number of carbonyl (C=O) groups excluding carboxylic acids is 1. The quantitative estimate of drug-likeness (QED) is 0.771. The van der Waals surface area contributed by atoms with Crippen molar-refractivity contribution in [3.8, 4) is 5.75 Å². The van der Waals surface area contributed by atoms with E-state index in [-0.39, 0.29) is 5.91 Å². The van der Waals surface area contributed by atoms with Gasteiger partial charge in [0.25, 0.3) is 5.91 Å². The van der Waals surface area contributed by atoms with Crippen molar-refractivity contribution in [3.63, 3.8) is 0 Å². The Hall–Kier alpha value is -2.60. The van der Waals surface area contributed by atoms with Gasteiger partial charge in [-0.25, -0.2) is 0 Å². The zero-order valence-electron chi connectivity index (χ0n) is 12.8. The Kier molecular flexibility index (Phi) is 3.82. The van der Waals surface area contributed by atoms with Gasteiger partial charge in [-0.3, -0.25) is 9.20 Å². The van der Waals surface area contributed by atoms with E-state index in [0.29, 0.717) is 40.2 Å². The fraction of sp³-hybridized carbons (Fsp3) is 0.235. The molecule has 6 nitrogen and oxygen atoms in total. The van der Waals surface area contributed by atoms with E-state index >= 15 is 0 Å². The highest BCUT2D eigenvalue weighted by Crippen LogP contribution is 2.32. The molecule has 1 aliphatic rings. The first kappa shape index (κ1) is 15.0. The molecule has 1 N–H and O–H groups in total. The highest BCUT2D eigenvalue weighted by Gasteiger charge is 2.24. The van der Waals surface area contributed by atoms with Gasteiger partial charge in [0.15, 0.2) is 5.65 Å². The van der Waals surface area contributed by atoms with Crippen LogP contribution in [0.4, 0.5) is 5.69 Å². The molecule has 1 aliphatic carbocycles. The van der Waals surface area contributed by atoms with Crippen molar-refractivity contribution in [1.82, 2.24) is 14.6 Å². The fourth-order valence-electron chi connectivity index (χ4n) is 2.43. The van der Waals surface area contributed by atoms with Crippen LogP contribution < -0.4 is 10.1 Å². The van der Waals surface area contributed by atoms with Gasteiger partial charge in [-0.05, 0) is 43.0 Å². The fourth-order valence-corrected chi connectivity index (χ4v) is 2.68. The van der Waals surface area contributed by atoms with E-state index in [2.05, 4.69) is 15.5 Å². The van der Waals surface area contributed by atoms with Crippen molar-refractivity contribution in [3.05, 3.63) is 53.4 Å². The van der Waals surface area contributed by atoms with Gasteiger partial charge in [0.2, 0.25) is 0 Å². The normalized spacial score (nSPS) is 13.9. The van der Waals surface area contributed by atoms with E-state index in [1.54, 1.807) is 47.3 Å². The van der Waals surface area contributed by atoms with Crippen LogP contribution in [0.5, 0.6) is 5.75 Å². The number of hydrogen-bond acceptors (Lipinski definition) is 4. The number of nitrogens with one attached hydrogen (secondary N) is 1. The monoisotopic (exact) mass is 342 g/mol. The van der Waals surface area contributed by atoms with E-state index in [1.165, 1.54) is 12.8 Å². The summed E-state index contributed by atoms with van der Waals surface area (Å²) in [7, 11) is 0. The Morgan fingerprint density at radius 3 is 3.04 bits per heavy atom. The van der Waals surface area contributed by atoms with Gasteiger partial charge in [-0.15, -0.1) is 10.2 Å². The molecular formula is C17H15ClN4O2. The summed E-state index contributed by atoms with van der Waals surface area (Å²) in [6, 6.07) is 8.78. The molecule has 122 valence electrons. The Labute approximate surface area is 143 Å². The van der Waals surface area contributed by atoms with E-state index in [9.17, 15) is 4.79 Å².